The van der Waals surface area contributed by atoms with Crippen LogP contribution in [0.15, 0.2) is 30.5 Å². The number of halogens is 1. The Morgan fingerprint density at radius 1 is 1.44 bits per heavy atom. The lowest BCUT2D eigenvalue weighted by atomic mass is 10.1. The van der Waals surface area contributed by atoms with Crippen LogP contribution < -0.4 is 0 Å². The average Bonchev–Trinajstić information content (AvgIpc) is 2.71. The van der Waals surface area contributed by atoms with Gasteiger partial charge in [0.15, 0.2) is 0 Å². The summed E-state index contributed by atoms with van der Waals surface area (Å²) in [5.74, 6) is -0.429. The molecule has 0 spiro atoms. The van der Waals surface area contributed by atoms with Gasteiger partial charge < -0.3 is 0 Å². The van der Waals surface area contributed by atoms with Gasteiger partial charge in [-0.3, -0.25) is 4.68 Å². The number of aromatic nitrogens is 2. The molecule has 1 aromatic carbocycles. The molecule has 1 aromatic heterocycles. The molecule has 3 nitrogen and oxygen atoms in total. The van der Waals surface area contributed by atoms with Gasteiger partial charge in [-0.25, -0.2) is 4.39 Å². The lowest BCUT2D eigenvalue weighted by Crippen LogP contribution is -2.09. The fourth-order valence-corrected chi connectivity index (χ4v) is 1.92. The van der Waals surface area contributed by atoms with Crippen molar-refractivity contribution in [3.05, 3.63) is 41.8 Å². The third-order valence-corrected chi connectivity index (χ3v) is 2.82. The van der Waals surface area contributed by atoms with E-state index < -0.39 is 0 Å². The SMILES string of the molecule is Cc1cnn(CC(C)C#N)c1-c1ccccc1F. The number of hydrogen-bond donors (Lipinski definition) is 0. The highest BCUT2D eigenvalue weighted by atomic mass is 19.1. The van der Waals surface area contributed by atoms with E-state index >= 15 is 0 Å². The summed E-state index contributed by atoms with van der Waals surface area (Å²) in [5.41, 5.74) is 2.18. The van der Waals surface area contributed by atoms with E-state index in [-0.39, 0.29) is 11.7 Å². The summed E-state index contributed by atoms with van der Waals surface area (Å²) >= 11 is 0. The van der Waals surface area contributed by atoms with Crippen molar-refractivity contribution in [3.8, 4) is 17.3 Å². The molecule has 2 aromatic rings. The monoisotopic (exact) mass is 243 g/mol. The molecule has 1 unspecified atom stereocenters. The van der Waals surface area contributed by atoms with Gasteiger partial charge in [0.05, 0.1) is 30.4 Å². The second-order valence-electron chi connectivity index (χ2n) is 4.37. The van der Waals surface area contributed by atoms with Crippen LogP contribution in [0, 0.1) is 30.0 Å². The second kappa shape index (κ2) is 5.01. The zero-order chi connectivity index (χ0) is 13.1. The lowest BCUT2D eigenvalue weighted by Gasteiger charge is -2.10. The van der Waals surface area contributed by atoms with Crippen molar-refractivity contribution in [2.75, 3.05) is 0 Å². The van der Waals surface area contributed by atoms with Gasteiger partial charge in [-0.15, -0.1) is 0 Å². The number of hydrogen-bond acceptors (Lipinski definition) is 2. The summed E-state index contributed by atoms with van der Waals surface area (Å²) in [5, 5.41) is 13.1. The van der Waals surface area contributed by atoms with Gasteiger partial charge in [0, 0.05) is 5.56 Å². The third-order valence-electron chi connectivity index (χ3n) is 2.82. The van der Waals surface area contributed by atoms with Crippen LogP contribution in [-0.2, 0) is 6.54 Å². The number of benzene rings is 1. The summed E-state index contributed by atoms with van der Waals surface area (Å²) in [6.45, 7) is 4.18. The van der Waals surface area contributed by atoms with Crippen LogP contribution in [0.3, 0.4) is 0 Å². The van der Waals surface area contributed by atoms with Crippen LogP contribution in [-0.4, -0.2) is 9.78 Å². The molecule has 0 aliphatic rings. The molecule has 0 fully saturated rings. The minimum Gasteiger partial charge on any atom is -0.263 e. The highest BCUT2D eigenvalue weighted by Crippen LogP contribution is 2.26. The lowest BCUT2D eigenvalue weighted by molar-refractivity contribution is 0.531. The Balaban J connectivity index is 2.48. The summed E-state index contributed by atoms with van der Waals surface area (Å²) in [6, 6.07) is 8.77. The van der Waals surface area contributed by atoms with Gasteiger partial charge >= 0.3 is 0 Å². The summed E-state index contributed by atoms with van der Waals surface area (Å²) in [6.07, 6.45) is 1.70. The molecular weight excluding hydrogens is 229 g/mol. The molecule has 0 saturated carbocycles. The normalized spacial score (nSPS) is 12.1. The standard InChI is InChI=1S/C14H14FN3/c1-10(7-16)9-18-14(11(2)8-17-18)12-5-3-4-6-13(12)15/h3-6,8,10H,9H2,1-2H3. The maximum absolute atomic E-state index is 13.8. The minimum absolute atomic E-state index is 0.158. The van der Waals surface area contributed by atoms with Crippen molar-refractivity contribution < 1.29 is 4.39 Å². The molecule has 0 saturated heterocycles. The van der Waals surface area contributed by atoms with Crippen LogP contribution >= 0.6 is 0 Å². The number of aryl methyl sites for hydroxylation is 1. The van der Waals surface area contributed by atoms with Crippen molar-refractivity contribution in [3.63, 3.8) is 0 Å². The Morgan fingerprint density at radius 3 is 2.83 bits per heavy atom. The molecule has 0 radical (unpaired) electrons. The van der Waals surface area contributed by atoms with E-state index in [1.807, 2.05) is 13.8 Å². The molecule has 0 N–H and O–H groups in total. The first-order valence-electron chi connectivity index (χ1n) is 5.80. The van der Waals surface area contributed by atoms with Gasteiger partial charge in [-0.1, -0.05) is 12.1 Å². The highest BCUT2D eigenvalue weighted by molar-refractivity contribution is 5.63. The van der Waals surface area contributed by atoms with Crippen LogP contribution in [0.1, 0.15) is 12.5 Å². The Labute approximate surface area is 105 Å². The van der Waals surface area contributed by atoms with E-state index in [0.717, 1.165) is 11.3 Å². The summed E-state index contributed by atoms with van der Waals surface area (Å²) < 4.78 is 15.5. The minimum atomic E-state index is -0.271. The van der Waals surface area contributed by atoms with E-state index in [9.17, 15) is 4.39 Å². The Morgan fingerprint density at radius 2 is 2.17 bits per heavy atom. The van der Waals surface area contributed by atoms with Crippen LogP contribution in [0.2, 0.25) is 0 Å². The molecule has 18 heavy (non-hydrogen) atoms. The molecule has 0 bridgehead atoms. The molecule has 4 heteroatoms. The number of rotatable bonds is 3. The molecule has 2 rings (SSSR count). The number of nitriles is 1. The second-order valence-corrected chi connectivity index (χ2v) is 4.37. The van der Waals surface area contributed by atoms with Gasteiger partial charge in [0.25, 0.3) is 0 Å². The van der Waals surface area contributed by atoms with Crippen LogP contribution in [0.5, 0.6) is 0 Å². The first-order valence-corrected chi connectivity index (χ1v) is 5.80. The molecule has 92 valence electrons. The van der Waals surface area contributed by atoms with Crippen molar-refractivity contribution >= 4 is 0 Å². The quantitative estimate of drug-likeness (QED) is 0.830. The predicted octanol–water partition coefficient (Wildman–Crippen LogP) is 3.16. The fourth-order valence-electron chi connectivity index (χ4n) is 1.92. The first-order chi connectivity index (χ1) is 8.63. The van der Waals surface area contributed by atoms with Crippen LogP contribution in [0.25, 0.3) is 11.3 Å². The topological polar surface area (TPSA) is 41.6 Å². The maximum atomic E-state index is 13.8. The molecule has 1 heterocycles. The molecule has 0 aliphatic carbocycles. The van der Waals surface area contributed by atoms with Gasteiger partial charge in [-0.2, -0.15) is 10.4 Å². The van der Waals surface area contributed by atoms with Gasteiger partial charge in [0.1, 0.15) is 5.82 Å². The summed E-state index contributed by atoms with van der Waals surface area (Å²) in [7, 11) is 0. The Kier molecular flexibility index (Phi) is 3.42. The molecule has 0 amide bonds. The van der Waals surface area contributed by atoms with E-state index in [1.54, 1.807) is 29.1 Å². The number of nitrogens with zero attached hydrogens (tertiary/aromatic N) is 3. The largest absolute Gasteiger partial charge is 0.263 e. The van der Waals surface area contributed by atoms with Crippen molar-refractivity contribution in [2.45, 2.75) is 20.4 Å². The van der Waals surface area contributed by atoms with Gasteiger partial charge in [0.2, 0.25) is 0 Å². The van der Waals surface area contributed by atoms with E-state index in [1.165, 1.54) is 6.07 Å². The van der Waals surface area contributed by atoms with E-state index in [4.69, 9.17) is 5.26 Å². The maximum Gasteiger partial charge on any atom is 0.132 e. The third kappa shape index (κ3) is 2.25. The van der Waals surface area contributed by atoms with Crippen molar-refractivity contribution in [1.82, 2.24) is 9.78 Å². The van der Waals surface area contributed by atoms with Crippen LogP contribution in [0.4, 0.5) is 4.39 Å². The zero-order valence-electron chi connectivity index (χ0n) is 10.4. The van der Waals surface area contributed by atoms with E-state index in [0.29, 0.717) is 12.1 Å². The van der Waals surface area contributed by atoms with Crippen molar-refractivity contribution in [1.29, 1.82) is 5.26 Å². The Bertz CT molecular complexity index is 595. The molecular formula is C14H14FN3. The summed E-state index contributed by atoms with van der Waals surface area (Å²) in [4.78, 5) is 0. The average molecular weight is 243 g/mol. The molecule has 0 aliphatic heterocycles. The fraction of sp³-hybridized carbons (Fsp3) is 0.286. The predicted molar refractivity (Wildman–Crippen MR) is 67.1 cm³/mol. The highest BCUT2D eigenvalue weighted by Gasteiger charge is 2.15. The smallest absolute Gasteiger partial charge is 0.132 e. The first kappa shape index (κ1) is 12.3. The van der Waals surface area contributed by atoms with Gasteiger partial charge in [-0.05, 0) is 31.5 Å². The molecule has 1 atom stereocenters. The van der Waals surface area contributed by atoms with E-state index in [2.05, 4.69) is 11.2 Å². The van der Waals surface area contributed by atoms with Crippen molar-refractivity contribution in [2.24, 2.45) is 5.92 Å². The zero-order valence-corrected chi connectivity index (χ0v) is 10.4. The Hall–Kier alpha value is -2.15.